The molecule has 0 amide bonds. The molecule has 0 saturated heterocycles. The number of carbonyl (C=O) groups excluding carboxylic acids is 2. The number of rotatable bonds is 5. The molecule has 0 aromatic carbocycles. The SMILES string of the molecule is CCOC(=O)C(=O)C(C)/C(=N\O)C1CCCCC1. The van der Waals surface area contributed by atoms with E-state index in [1.54, 1.807) is 13.8 Å². The lowest BCUT2D eigenvalue weighted by Crippen LogP contribution is -2.34. The number of esters is 1. The highest BCUT2D eigenvalue weighted by Crippen LogP contribution is 2.27. The zero-order valence-electron chi connectivity index (χ0n) is 11.0. The maximum Gasteiger partial charge on any atom is 0.375 e. The molecule has 1 fully saturated rings. The molecule has 0 aromatic heterocycles. The molecule has 1 aliphatic rings. The Morgan fingerprint density at radius 2 is 1.94 bits per heavy atom. The second-order valence-corrected chi connectivity index (χ2v) is 4.67. The van der Waals surface area contributed by atoms with Crippen molar-refractivity contribution in [3.8, 4) is 0 Å². The average Bonchev–Trinajstić information content (AvgIpc) is 2.40. The predicted octanol–water partition coefficient (Wildman–Crippen LogP) is 2.17. The van der Waals surface area contributed by atoms with E-state index in [0.717, 1.165) is 25.7 Å². The molecule has 1 N–H and O–H groups in total. The fourth-order valence-electron chi connectivity index (χ4n) is 2.43. The first-order valence-electron chi connectivity index (χ1n) is 6.54. The number of nitrogens with zero attached hydrogens (tertiary/aromatic N) is 1. The van der Waals surface area contributed by atoms with Gasteiger partial charge in [-0.25, -0.2) is 4.79 Å². The van der Waals surface area contributed by atoms with E-state index in [0.29, 0.717) is 5.71 Å². The highest BCUT2D eigenvalue weighted by Gasteiger charge is 2.32. The van der Waals surface area contributed by atoms with Gasteiger partial charge in [-0.05, 0) is 26.7 Å². The molecule has 1 saturated carbocycles. The maximum atomic E-state index is 11.8. The Labute approximate surface area is 107 Å². The number of ketones is 1. The van der Waals surface area contributed by atoms with Gasteiger partial charge in [-0.3, -0.25) is 4.79 Å². The normalized spacial score (nSPS) is 19.3. The van der Waals surface area contributed by atoms with Crippen LogP contribution in [0.15, 0.2) is 5.16 Å². The Bertz CT molecular complexity index is 332. The monoisotopic (exact) mass is 255 g/mol. The molecule has 1 rings (SSSR count). The van der Waals surface area contributed by atoms with Crippen molar-refractivity contribution in [2.75, 3.05) is 6.61 Å². The molecule has 5 heteroatoms. The van der Waals surface area contributed by atoms with Crippen LogP contribution in [0.2, 0.25) is 0 Å². The van der Waals surface area contributed by atoms with E-state index >= 15 is 0 Å². The van der Waals surface area contributed by atoms with Crippen LogP contribution in [0.4, 0.5) is 0 Å². The summed E-state index contributed by atoms with van der Waals surface area (Å²) in [7, 11) is 0. The van der Waals surface area contributed by atoms with Gasteiger partial charge in [-0.1, -0.05) is 24.4 Å². The Morgan fingerprint density at radius 3 is 2.44 bits per heavy atom. The lowest BCUT2D eigenvalue weighted by Gasteiger charge is -2.24. The van der Waals surface area contributed by atoms with Crippen molar-refractivity contribution in [1.82, 2.24) is 0 Å². The van der Waals surface area contributed by atoms with Gasteiger partial charge in [0.2, 0.25) is 5.78 Å². The van der Waals surface area contributed by atoms with Crippen LogP contribution in [0.3, 0.4) is 0 Å². The Kier molecular flexibility index (Phi) is 5.82. The summed E-state index contributed by atoms with van der Waals surface area (Å²) >= 11 is 0. The number of oxime groups is 1. The smallest absolute Gasteiger partial charge is 0.375 e. The summed E-state index contributed by atoms with van der Waals surface area (Å²) in [4.78, 5) is 23.2. The van der Waals surface area contributed by atoms with Crippen molar-refractivity contribution in [3.05, 3.63) is 0 Å². The standard InChI is InChI=1S/C13H21NO4/c1-3-18-13(16)12(15)9(2)11(14-17)10-7-5-4-6-8-10/h9-10,17H,3-8H2,1-2H3/b14-11+. The average molecular weight is 255 g/mol. The van der Waals surface area contributed by atoms with E-state index < -0.39 is 17.7 Å². The van der Waals surface area contributed by atoms with Crippen LogP contribution in [0, 0.1) is 11.8 Å². The van der Waals surface area contributed by atoms with Crippen LogP contribution in [0.25, 0.3) is 0 Å². The molecule has 102 valence electrons. The van der Waals surface area contributed by atoms with Gasteiger partial charge >= 0.3 is 5.97 Å². The first-order chi connectivity index (χ1) is 8.61. The van der Waals surface area contributed by atoms with Gasteiger partial charge in [-0.2, -0.15) is 0 Å². The van der Waals surface area contributed by atoms with Gasteiger partial charge in [0.1, 0.15) is 0 Å². The van der Waals surface area contributed by atoms with Crippen LogP contribution < -0.4 is 0 Å². The minimum Gasteiger partial charge on any atom is -0.460 e. The van der Waals surface area contributed by atoms with Crippen LogP contribution in [0.5, 0.6) is 0 Å². The van der Waals surface area contributed by atoms with E-state index in [-0.39, 0.29) is 12.5 Å². The molecule has 5 nitrogen and oxygen atoms in total. The largest absolute Gasteiger partial charge is 0.460 e. The van der Waals surface area contributed by atoms with Crippen molar-refractivity contribution in [3.63, 3.8) is 0 Å². The van der Waals surface area contributed by atoms with Crippen molar-refractivity contribution in [1.29, 1.82) is 0 Å². The van der Waals surface area contributed by atoms with Gasteiger partial charge < -0.3 is 9.94 Å². The third-order valence-electron chi connectivity index (χ3n) is 3.45. The number of hydrogen-bond donors (Lipinski definition) is 1. The number of ether oxygens (including phenoxy) is 1. The van der Waals surface area contributed by atoms with Gasteiger partial charge in [0.05, 0.1) is 18.2 Å². The molecule has 0 heterocycles. The molecule has 0 bridgehead atoms. The van der Waals surface area contributed by atoms with Gasteiger partial charge in [0, 0.05) is 5.92 Å². The summed E-state index contributed by atoms with van der Waals surface area (Å²) in [6, 6.07) is 0. The molecular weight excluding hydrogens is 234 g/mol. The van der Waals surface area contributed by atoms with E-state index in [4.69, 9.17) is 5.21 Å². The fourth-order valence-corrected chi connectivity index (χ4v) is 2.43. The fraction of sp³-hybridized carbons (Fsp3) is 0.769. The molecule has 1 unspecified atom stereocenters. The van der Waals surface area contributed by atoms with Gasteiger partial charge in [0.15, 0.2) is 0 Å². The Morgan fingerprint density at radius 1 is 1.33 bits per heavy atom. The first-order valence-corrected chi connectivity index (χ1v) is 6.54. The summed E-state index contributed by atoms with van der Waals surface area (Å²) in [5.41, 5.74) is 0.424. The second-order valence-electron chi connectivity index (χ2n) is 4.67. The number of carbonyl (C=O) groups is 2. The lowest BCUT2D eigenvalue weighted by molar-refractivity contribution is -0.154. The summed E-state index contributed by atoms with van der Waals surface area (Å²) in [5, 5.41) is 12.4. The van der Waals surface area contributed by atoms with Crippen LogP contribution in [-0.2, 0) is 14.3 Å². The minimum absolute atomic E-state index is 0.108. The zero-order chi connectivity index (χ0) is 13.5. The Hall–Kier alpha value is -1.39. The number of Topliss-reactive ketones (excluding diaryl/α,β-unsaturated/α-hetero) is 1. The topological polar surface area (TPSA) is 76.0 Å². The van der Waals surface area contributed by atoms with Crippen LogP contribution in [-0.4, -0.2) is 29.3 Å². The predicted molar refractivity (Wildman–Crippen MR) is 66.6 cm³/mol. The third-order valence-corrected chi connectivity index (χ3v) is 3.45. The van der Waals surface area contributed by atoms with Gasteiger partial charge in [-0.15, -0.1) is 0 Å². The minimum atomic E-state index is -0.845. The molecule has 1 aliphatic carbocycles. The maximum absolute atomic E-state index is 11.8. The van der Waals surface area contributed by atoms with Crippen LogP contribution >= 0.6 is 0 Å². The molecular formula is C13H21NO4. The van der Waals surface area contributed by atoms with Crippen molar-refractivity contribution in [2.45, 2.75) is 46.0 Å². The summed E-state index contributed by atoms with van der Waals surface area (Å²) in [5.74, 6) is -2.06. The van der Waals surface area contributed by atoms with Crippen LogP contribution in [0.1, 0.15) is 46.0 Å². The second kappa shape index (κ2) is 7.13. The zero-order valence-corrected chi connectivity index (χ0v) is 11.0. The van der Waals surface area contributed by atoms with E-state index in [1.165, 1.54) is 6.42 Å². The van der Waals surface area contributed by atoms with Gasteiger partial charge in [0.25, 0.3) is 0 Å². The number of hydrogen-bond acceptors (Lipinski definition) is 5. The lowest BCUT2D eigenvalue weighted by atomic mass is 9.80. The van der Waals surface area contributed by atoms with Crippen molar-refractivity contribution in [2.24, 2.45) is 17.0 Å². The summed E-state index contributed by atoms with van der Waals surface area (Å²) in [6.45, 7) is 3.42. The third kappa shape index (κ3) is 3.55. The summed E-state index contributed by atoms with van der Waals surface area (Å²) in [6.07, 6.45) is 5.16. The van der Waals surface area contributed by atoms with Crippen molar-refractivity contribution >= 4 is 17.5 Å². The molecule has 1 atom stereocenters. The quantitative estimate of drug-likeness (QED) is 0.268. The highest BCUT2D eigenvalue weighted by atomic mass is 16.5. The van der Waals surface area contributed by atoms with Crippen molar-refractivity contribution < 1.29 is 19.5 Å². The summed E-state index contributed by atoms with van der Waals surface area (Å²) < 4.78 is 4.68. The van der Waals surface area contributed by atoms with E-state index in [2.05, 4.69) is 9.89 Å². The molecule has 0 radical (unpaired) electrons. The molecule has 0 spiro atoms. The molecule has 18 heavy (non-hydrogen) atoms. The van der Waals surface area contributed by atoms with E-state index in [9.17, 15) is 9.59 Å². The molecule has 0 aromatic rings. The van der Waals surface area contributed by atoms with E-state index in [1.807, 2.05) is 0 Å². The first kappa shape index (κ1) is 14.7. The molecule has 0 aliphatic heterocycles. The Balaban J connectivity index is 2.69. The highest BCUT2D eigenvalue weighted by molar-refractivity contribution is 6.38.